The van der Waals surface area contributed by atoms with Gasteiger partial charge in [0.1, 0.15) is 0 Å². The highest BCUT2D eigenvalue weighted by molar-refractivity contribution is 6.31. The molecule has 0 radical (unpaired) electrons. The Balaban J connectivity index is 1.64. The molecule has 2 heterocycles. The smallest absolute Gasteiger partial charge is 0.261 e. The first kappa shape index (κ1) is 23.9. The summed E-state index contributed by atoms with van der Waals surface area (Å²) in [7, 11) is 0. The molecule has 2 aliphatic heterocycles. The molecule has 1 N–H and O–H groups in total. The number of anilines is 1. The van der Waals surface area contributed by atoms with Gasteiger partial charge in [0.2, 0.25) is 0 Å². The number of piperidine rings is 1. The van der Waals surface area contributed by atoms with Crippen LogP contribution < -0.4 is 10.2 Å². The molecule has 2 aliphatic rings. The monoisotopic (exact) mass is 514 g/mol. The fraction of sp³-hybridized carbons (Fsp3) is 0.259. The predicted octanol–water partition coefficient (Wildman–Crippen LogP) is 6.19. The Morgan fingerprint density at radius 3 is 2.37 bits per heavy atom. The number of nitrogens with one attached hydrogen (secondary N) is 1. The van der Waals surface area contributed by atoms with E-state index in [1.54, 1.807) is 36.4 Å². The summed E-state index contributed by atoms with van der Waals surface area (Å²) in [5.41, 5.74) is 0.953. The predicted molar refractivity (Wildman–Crippen MR) is 133 cm³/mol. The lowest BCUT2D eigenvalue weighted by Gasteiger charge is -2.41. The van der Waals surface area contributed by atoms with Gasteiger partial charge in [-0.25, -0.2) is 8.78 Å². The van der Waals surface area contributed by atoms with Gasteiger partial charge >= 0.3 is 0 Å². The normalized spacial score (nSPS) is 18.5. The molecule has 1 amide bonds. The van der Waals surface area contributed by atoms with Crippen molar-refractivity contribution in [3.8, 4) is 0 Å². The van der Waals surface area contributed by atoms with E-state index in [-0.39, 0.29) is 17.8 Å². The van der Waals surface area contributed by atoms with Crippen molar-refractivity contribution in [3.63, 3.8) is 0 Å². The summed E-state index contributed by atoms with van der Waals surface area (Å²) >= 11 is 12.4. The van der Waals surface area contributed by atoms with Gasteiger partial charge in [-0.05, 0) is 86.1 Å². The van der Waals surface area contributed by atoms with Crippen LogP contribution in [0.25, 0.3) is 0 Å². The number of hydrogen-bond acceptors (Lipinski definition) is 3. The molecule has 5 rings (SSSR count). The lowest BCUT2D eigenvalue weighted by molar-refractivity contribution is 0.0915. The number of amides is 1. The van der Waals surface area contributed by atoms with Crippen molar-refractivity contribution in [2.45, 2.75) is 30.7 Å². The number of halogens is 4. The fourth-order valence-corrected chi connectivity index (χ4v) is 5.75. The van der Waals surface area contributed by atoms with Crippen molar-refractivity contribution in [2.24, 2.45) is 0 Å². The van der Waals surface area contributed by atoms with Crippen molar-refractivity contribution in [1.82, 2.24) is 5.32 Å². The van der Waals surface area contributed by atoms with Crippen LogP contribution in [0.4, 0.5) is 14.5 Å². The Labute approximate surface area is 211 Å². The Kier molecular flexibility index (Phi) is 6.38. The molecule has 1 spiro atoms. The second-order valence-corrected chi connectivity index (χ2v) is 9.87. The SMILES string of the molecule is O=C(C[C@H]1N(C(=O)c2cccc(F)c2F)c2ccc(Cl)cc2C12CCNCC2)c1ccc(Cl)cc1. The molecule has 4 nitrogen and oxygen atoms in total. The minimum Gasteiger partial charge on any atom is -0.317 e. The maximum Gasteiger partial charge on any atom is 0.261 e. The van der Waals surface area contributed by atoms with Gasteiger partial charge in [0.05, 0.1) is 11.6 Å². The lowest BCUT2D eigenvalue weighted by atomic mass is 9.68. The Hall–Kier alpha value is -2.80. The average Bonchev–Trinajstić information content (AvgIpc) is 3.09. The van der Waals surface area contributed by atoms with Crippen molar-refractivity contribution < 1.29 is 18.4 Å². The Bertz CT molecular complexity index is 1310. The van der Waals surface area contributed by atoms with Crippen LogP contribution in [0.1, 0.15) is 45.5 Å². The lowest BCUT2D eigenvalue weighted by Crippen LogP contribution is -2.53. The summed E-state index contributed by atoms with van der Waals surface area (Å²) in [5, 5.41) is 4.36. The number of carbonyl (C=O) groups excluding carboxylic acids is 2. The molecule has 0 saturated carbocycles. The van der Waals surface area contributed by atoms with Gasteiger partial charge in [0.15, 0.2) is 17.4 Å². The van der Waals surface area contributed by atoms with Crippen LogP contribution in [0.2, 0.25) is 10.0 Å². The third kappa shape index (κ3) is 4.14. The highest BCUT2D eigenvalue weighted by Gasteiger charge is 2.54. The van der Waals surface area contributed by atoms with E-state index in [4.69, 9.17) is 23.2 Å². The highest BCUT2D eigenvalue weighted by atomic mass is 35.5. The number of ketones is 1. The molecule has 0 aliphatic carbocycles. The first-order valence-electron chi connectivity index (χ1n) is 11.4. The van der Waals surface area contributed by atoms with Gasteiger partial charge < -0.3 is 10.2 Å². The van der Waals surface area contributed by atoms with Gasteiger partial charge in [0.25, 0.3) is 5.91 Å². The van der Waals surface area contributed by atoms with Crippen LogP contribution in [0.15, 0.2) is 60.7 Å². The van der Waals surface area contributed by atoms with E-state index in [1.807, 2.05) is 6.07 Å². The van der Waals surface area contributed by atoms with Crippen molar-refractivity contribution in [2.75, 3.05) is 18.0 Å². The molecule has 3 aromatic carbocycles. The zero-order valence-corrected chi connectivity index (χ0v) is 20.2. The standard InChI is InChI=1S/C27H22Cl2F2N2O2/c28-17-6-4-16(5-7-17)23(34)15-24-27(10-12-32-13-11-27)20-14-18(29)8-9-22(20)33(24)26(35)19-2-1-3-21(30)25(19)31/h1-9,14,24,32H,10-13,15H2/t24-/m1/s1. The van der Waals surface area contributed by atoms with Crippen molar-refractivity contribution >= 4 is 40.6 Å². The van der Waals surface area contributed by atoms with Gasteiger partial charge in [0, 0.05) is 33.1 Å². The van der Waals surface area contributed by atoms with Gasteiger partial charge in [-0.3, -0.25) is 9.59 Å². The molecule has 35 heavy (non-hydrogen) atoms. The number of hydrogen-bond donors (Lipinski definition) is 1. The van der Waals surface area contributed by atoms with Gasteiger partial charge in [-0.2, -0.15) is 0 Å². The molecule has 8 heteroatoms. The Morgan fingerprint density at radius 1 is 0.971 bits per heavy atom. The molecule has 3 aromatic rings. The second kappa shape index (κ2) is 9.34. The van der Waals surface area contributed by atoms with E-state index < -0.39 is 29.0 Å². The average molecular weight is 515 g/mol. The molecular weight excluding hydrogens is 493 g/mol. The highest BCUT2D eigenvalue weighted by Crippen LogP contribution is 2.53. The van der Waals surface area contributed by atoms with Gasteiger partial charge in [-0.15, -0.1) is 0 Å². The maximum absolute atomic E-state index is 14.7. The van der Waals surface area contributed by atoms with E-state index in [0.29, 0.717) is 47.2 Å². The van der Waals surface area contributed by atoms with Gasteiger partial charge in [-0.1, -0.05) is 29.3 Å². The number of carbonyl (C=O) groups is 2. The molecule has 180 valence electrons. The minimum absolute atomic E-state index is 0.0105. The van der Waals surface area contributed by atoms with Crippen LogP contribution >= 0.6 is 23.2 Å². The van der Waals surface area contributed by atoms with Crippen LogP contribution in [0.5, 0.6) is 0 Å². The Morgan fingerprint density at radius 2 is 1.66 bits per heavy atom. The first-order chi connectivity index (χ1) is 16.8. The van der Waals surface area contributed by atoms with Crippen molar-refractivity contribution in [1.29, 1.82) is 0 Å². The topological polar surface area (TPSA) is 49.4 Å². The number of Topliss-reactive ketones (excluding diaryl/α,β-unsaturated/α-hetero) is 1. The molecule has 1 atom stereocenters. The summed E-state index contributed by atoms with van der Waals surface area (Å²) in [6.45, 7) is 1.38. The zero-order valence-electron chi connectivity index (χ0n) is 18.7. The molecular formula is C27H22Cl2F2N2O2. The van der Waals surface area contributed by atoms with E-state index in [1.165, 1.54) is 17.0 Å². The molecule has 0 bridgehead atoms. The summed E-state index contributed by atoms with van der Waals surface area (Å²) in [6, 6.07) is 14.7. The molecule has 0 aromatic heterocycles. The van der Waals surface area contributed by atoms with Crippen LogP contribution in [-0.2, 0) is 5.41 Å². The number of nitrogens with zero attached hydrogens (tertiary/aromatic N) is 1. The van der Waals surface area contributed by atoms with Crippen LogP contribution in [-0.4, -0.2) is 30.8 Å². The summed E-state index contributed by atoms with van der Waals surface area (Å²) < 4.78 is 28.8. The quantitative estimate of drug-likeness (QED) is 0.422. The summed E-state index contributed by atoms with van der Waals surface area (Å²) in [5.74, 6) is -3.16. The van der Waals surface area contributed by atoms with E-state index in [2.05, 4.69) is 5.32 Å². The second-order valence-electron chi connectivity index (χ2n) is 8.99. The fourth-order valence-electron chi connectivity index (χ4n) is 5.45. The largest absolute Gasteiger partial charge is 0.317 e. The zero-order chi connectivity index (χ0) is 24.7. The summed E-state index contributed by atoms with van der Waals surface area (Å²) in [4.78, 5) is 28.7. The molecule has 1 fully saturated rings. The minimum atomic E-state index is -1.21. The van der Waals surface area contributed by atoms with E-state index in [0.717, 1.165) is 11.6 Å². The number of rotatable bonds is 4. The summed E-state index contributed by atoms with van der Waals surface area (Å²) in [6.07, 6.45) is 1.33. The third-order valence-electron chi connectivity index (χ3n) is 7.15. The third-order valence-corrected chi connectivity index (χ3v) is 7.63. The van der Waals surface area contributed by atoms with Crippen LogP contribution in [0.3, 0.4) is 0 Å². The van der Waals surface area contributed by atoms with E-state index in [9.17, 15) is 18.4 Å². The molecule has 1 saturated heterocycles. The molecule has 0 unspecified atom stereocenters. The number of benzene rings is 3. The van der Waals surface area contributed by atoms with E-state index >= 15 is 0 Å². The number of fused-ring (bicyclic) bond motifs is 2. The van der Waals surface area contributed by atoms with Crippen LogP contribution in [0, 0.1) is 11.6 Å². The maximum atomic E-state index is 14.7. The first-order valence-corrected chi connectivity index (χ1v) is 12.1. The van der Waals surface area contributed by atoms with Crippen molar-refractivity contribution in [3.05, 3.63) is 99.0 Å².